The molecular weight excluding hydrogens is 363 g/mol. The van der Waals surface area contributed by atoms with Crippen molar-refractivity contribution >= 4 is 17.7 Å². The van der Waals surface area contributed by atoms with Gasteiger partial charge in [-0.15, -0.1) is 0 Å². The van der Waals surface area contributed by atoms with Crippen molar-refractivity contribution in [2.24, 2.45) is 0 Å². The molecule has 2 aromatic rings. The Kier molecular flexibility index (Phi) is 5.98. The third-order valence-electron chi connectivity index (χ3n) is 4.66. The Morgan fingerprint density at radius 3 is 2.36 bits per heavy atom. The summed E-state index contributed by atoms with van der Waals surface area (Å²) in [6.45, 7) is 3.38. The van der Waals surface area contributed by atoms with Gasteiger partial charge in [0.25, 0.3) is 11.8 Å². The number of carbonyl (C=O) groups is 3. The van der Waals surface area contributed by atoms with Crippen LogP contribution in [0.5, 0.6) is 0 Å². The molecule has 0 unspecified atom stereocenters. The first kappa shape index (κ1) is 19.5. The molecule has 2 heterocycles. The van der Waals surface area contributed by atoms with Crippen LogP contribution in [0.3, 0.4) is 0 Å². The molecule has 0 spiro atoms. The van der Waals surface area contributed by atoms with Crippen LogP contribution in [-0.2, 0) is 11.3 Å². The molecule has 1 aliphatic heterocycles. The van der Waals surface area contributed by atoms with E-state index in [1.54, 1.807) is 28.0 Å². The van der Waals surface area contributed by atoms with Gasteiger partial charge in [0.05, 0.1) is 11.1 Å². The summed E-state index contributed by atoms with van der Waals surface area (Å²) in [5.74, 6) is -1.08. The van der Waals surface area contributed by atoms with Crippen LogP contribution in [0, 0.1) is 5.82 Å². The zero-order chi connectivity index (χ0) is 20.1. The maximum Gasteiger partial charge on any atom is 0.255 e. The van der Waals surface area contributed by atoms with Gasteiger partial charge in [-0.3, -0.25) is 19.4 Å². The number of pyridine rings is 1. The lowest BCUT2D eigenvalue weighted by Crippen LogP contribution is -2.50. The minimum absolute atomic E-state index is 0.0118. The van der Waals surface area contributed by atoms with Gasteiger partial charge in [0.2, 0.25) is 5.91 Å². The summed E-state index contributed by atoms with van der Waals surface area (Å²) < 4.78 is 13.7. The van der Waals surface area contributed by atoms with E-state index in [0.29, 0.717) is 37.3 Å². The SMILES string of the molecule is CC(=O)N1CCN(C(=O)c2cncc(C(=O)NCc3ccccc3F)c2)CC1. The van der Waals surface area contributed by atoms with Gasteiger partial charge in [0, 0.05) is 57.6 Å². The molecular formula is C20H21FN4O3. The monoisotopic (exact) mass is 384 g/mol. The highest BCUT2D eigenvalue weighted by molar-refractivity contribution is 5.99. The largest absolute Gasteiger partial charge is 0.348 e. The summed E-state index contributed by atoms with van der Waals surface area (Å²) in [5.41, 5.74) is 0.902. The fourth-order valence-corrected chi connectivity index (χ4v) is 3.01. The first-order valence-corrected chi connectivity index (χ1v) is 8.97. The number of hydrogen-bond acceptors (Lipinski definition) is 4. The fourth-order valence-electron chi connectivity index (χ4n) is 3.01. The minimum atomic E-state index is -0.438. The molecule has 0 radical (unpaired) electrons. The van der Waals surface area contributed by atoms with Crippen molar-refractivity contribution in [1.29, 1.82) is 0 Å². The zero-order valence-corrected chi connectivity index (χ0v) is 15.5. The van der Waals surface area contributed by atoms with E-state index in [-0.39, 0.29) is 23.9 Å². The highest BCUT2D eigenvalue weighted by Gasteiger charge is 2.24. The van der Waals surface area contributed by atoms with Gasteiger partial charge in [-0.25, -0.2) is 4.39 Å². The van der Waals surface area contributed by atoms with Crippen LogP contribution in [0.25, 0.3) is 0 Å². The van der Waals surface area contributed by atoms with Gasteiger partial charge < -0.3 is 15.1 Å². The molecule has 0 aliphatic carbocycles. The Bertz CT molecular complexity index is 895. The van der Waals surface area contributed by atoms with E-state index in [9.17, 15) is 18.8 Å². The topological polar surface area (TPSA) is 82.6 Å². The average Bonchev–Trinajstić information content (AvgIpc) is 2.72. The zero-order valence-electron chi connectivity index (χ0n) is 15.5. The summed E-state index contributed by atoms with van der Waals surface area (Å²) in [5, 5.41) is 2.63. The smallest absolute Gasteiger partial charge is 0.255 e. The molecule has 1 saturated heterocycles. The molecule has 0 saturated carbocycles. The molecule has 0 bridgehead atoms. The number of nitrogens with zero attached hydrogens (tertiary/aromatic N) is 3. The third kappa shape index (κ3) is 4.51. The van der Waals surface area contributed by atoms with Crippen LogP contribution >= 0.6 is 0 Å². The molecule has 7 nitrogen and oxygen atoms in total. The Morgan fingerprint density at radius 1 is 1.04 bits per heavy atom. The molecule has 0 atom stereocenters. The van der Waals surface area contributed by atoms with Crippen molar-refractivity contribution in [2.75, 3.05) is 26.2 Å². The Hall–Kier alpha value is -3.29. The Morgan fingerprint density at radius 2 is 1.68 bits per heavy atom. The first-order chi connectivity index (χ1) is 13.5. The molecule has 3 rings (SSSR count). The number of aromatic nitrogens is 1. The maximum atomic E-state index is 13.7. The molecule has 146 valence electrons. The van der Waals surface area contributed by atoms with Crippen molar-refractivity contribution in [2.45, 2.75) is 13.5 Å². The second-order valence-electron chi connectivity index (χ2n) is 6.53. The van der Waals surface area contributed by atoms with Crippen LogP contribution in [0.4, 0.5) is 4.39 Å². The summed E-state index contributed by atoms with van der Waals surface area (Å²) in [6, 6.07) is 7.67. The van der Waals surface area contributed by atoms with Crippen molar-refractivity contribution in [3.63, 3.8) is 0 Å². The van der Waals surface area contributed by atoms with Crippen LogP contribution < -0.4 is 5.32 Å². The first-order valence-electron chi connectivity index (χ1n) is 8.97. The number of halogens is 1. The number of benzene rings is 1. The van der Waals surface area contributed by atoms with E-state index in [1.165, 1.54) is 31.5 Å². The molecule has 1 aliphatic rings. The second-order valence-corrected chi connectivity index (χ2v) is 6.53. The van der Waals surface area contributed by atoms with E-state index >= 15 is 0 Å². The summed E-state index contributed by atoms with van der Waals surface area (Å²) in [4.78, 5) is 43.7. The molecule has 1 aromatic heterocycles. The van der Waals surface area contributed by atoms with E-state index in [2.05, 4.69) is 10.3 Å². The van der Waals surface area contributed by atoms with Crippen LogP contribution in [-0.4, -0.2) is 58.7 Å². The Labute approximate surface area is 162 Å². The van der Waals surface area contributed by atoms with Crippen molar-refractivity contribution in [3.8, 4) is 0 Å². The third-order valence-corrected chi connectivity index (χ3v) is 4.66. The van der Waals surface area contributed by atoms with Crippen molar-refractivity contribution < 1.29 is 18.8 Å². The lowest BCUT2D eigenvalue weighted by Gasteiger charge is -2.34. The van der Waals surface area contributed by atoms with Gasteiger partial charge in [-0.05, 0) is 12.1 Å². The van der Waals surface area contributed by atoms with Crippen LogP contribution in [0.1, 0.15) is 33.2 Å². The van der Waals surface area contributed by atoms with Crippen LogP contribution in [0.15, 0.2) is 42.7 Å². The summed E-state index contributed by atoms with van der Waals surface area (Å²) in [7, 11) is 0. The second kappa shape index (κ2) is 8.60. The molecule has 1 fully saturated rings. The molecule has 28 heavy (non-hydrogen) atoms. The van der Waals surface area contributed by atoms with E-state index in [0.717, 1.165) is 0 Å². The number of amides is 3. The highest BCUT2D eigenvalue weighted by Crippen LogP contribution is 2.11. The number of nitrogens with one attached hydrogen (secondary N) is 1. The van der Waals surface area contributed by atoms with Gasteiger partial charge in [-0.2, -0.15) is 0 Å². The number of hydrogen-bond donors (Lipinski definition) is 1. The standard InChI is InChI=1S/C20H21FN4O3/c1-14(26)24-6-8-25(9-7-24)20(28)17-10-16(11-22-12-17)19(27)23-13-15-4-2-3-5-18(15)21/h2-5,10-12H,6-9,13H2,1H3,(H,23,27). The number of rotatable bonds is 4. The minimum Gasteiger partial charge on any atom is -0.348 e. The predicted octanol–water partition coefficient (Wildman–Crippen LogP) is 1.45. The average molecular weight is 384 g/mol. The Balaban J connectivity index is 1.63. The van der Waals surface area contributed by atoms with Gasteiger partial charge in [0.15, 0.2) is 0 Å². The van der Waals surface area contributed by atoms with Crippen LogP contribution in [0.2, 0.25) is 0 Å². The highest BCUT2D eigenvalue weighted by atomic mass is 19.1. The summed E-state index contributed by atoms with van der Waals surface area (Å²) >= 11 is 0. The number of piperazine rings is 1. The van der Waals surface area contributed by atoms with E-state index in [1.807, 2.05) is 0 Å². The molecule has 1 N–H and O–H groups in total. The van der Waals surface area contributed by atoms with E-state index < -0.39 is 11.7 Å². The fraction of sp³-hybridized carbons (Fsp3) is 0.300. The lowest BCUT2D eigenvalue weighted by atomic mass is 10.1. The van der Waals surface area contributed by atoms with Gasteiger partial charge in [0.1, 0.15) is 5.82 Å². The molecule has 8 heteroatoms. The quantitative estimate of drug-likeness (QED) is 0.865. The maximum absolute atomic E-state index is 13.7. The summed E-state index contributed by atoms with van der Waals surface area (Å²) in [6.07, 6.45) is 2.77. The van der Waals surface area contributed by atoms with E-state index in [4.69, 9.17) is 0 Å². The van der Waals surface area contributed by atoms with Gasteiger partial charge in [-0.1, -0.05) is 18.2 Å². The van der Waals surface area contributed by atoms with Crippen molar-refractivity contribution in [3.05, 3.63) is 65.2 Å². The molecule has 3 amide bonds. The predicted molar refractivity (Wildman–Crippen MR) is 100.0 cm³/mol. The van der Waals surface area contributed by atoms with Crippen molar-refractivity contribution in [1.82, 2.24) is 20.1 Å². The normalized spacial score (nSPS) is 13.9. The molecule has 1 aromatic carbocycles. The number of carbonyl (C=O) groups excluding carboxylic acids is 3. The lowest BCUT2D eigenvalue weighted by molar-refractivity contribution is -0.130. The van der Waals surface area contributed by atoms with Gasteiger partial charge >= 0.3 is 0 Å².